The van der Waals surface area contributed by atoms with Crippen LogP contribution in [-0.4, -0.2) is 44.0 Å². The smallest absolute Gasteiger partial charge is 0.410 e. The van der Waals surface area contributed by atoms with Gasteiger partial charge in [-0.05, 0) is 23.8 Å². The molecule has 4 rings (SSSR count). The minimum Gasteiger partial charge on any atom is -0.448 e. The van der Waals surface area contributed by atoms with E-state index in [0.29, 0.717) is 30.2 Å². The number of cyclic esters (lactones) is 1. The molecule has 7 nitrogen and oxygen atoms in total. The van der Waals surface area contributed by atoms with Crippen LogP contribution in [0, 0.1) is 5.82 Å². The van der Waals surface area contributed by atoms with Gasteiger partial charge in [0.05, 0.1) is 18.8 Å². The minimum atomic E-state index is -1.04. The summed E-state index contributed by atoms with van der Waals surface area (Å²) in [4.78, 5) is 17.7. The summed E-state index contributed by atoms with van der Waals surface area (Å²) in [6, 6.07) is 14.9. The van der Waals surface area contributed by atoms with Crippen LogP contribution in [0.2, 0.25) is 0 Å². The molecule has 1 saturated heterocycles. The molecule has 1 aromatic heterocycles. The Kier molecular flexibility index (Phi) is 4.55. The summed E-state index contributed by atoms with van der Waals surface area (Å²) in [7, 11) is 0. The van der Waals surface area contributed by atoms with E-state index in [2.05, 4.69) is 10.1 Å². The zero-order valence-electron chi connectivity index (χ0n) is 14.3. The molecular formula is C19H17FN4O3. The molecule has 1 aliphatic rings. The van der Waals surface area contributed by atoms with Crippen molar-refractivity contribution in [3.05, 3.63) is 77.6 Å². The molecule has 1 atom stereocenters. The molecule has 3 aromatic rings. The number of carbonyl (C=O) groups excluding carboxylic acids is 1. The third-order valence-corrected chi connectivity index (χ3v) is 4.28. The minimum absolute atomic E-state index is 0.143. The maximum absolute atomic E-state index is 13.7. The fourth-order valence-electron chi connectivity index (χ4n) is 2.92. The number of rotatable bonds is 5. The third kappa shape index (κ3) is 3.52. The highest BCUT2D eigenvalue weighted by Crippen LogP contribution is 2.22. The predicted octanol–water partition coefficient (Wildman–Crippen LogP) is 2.44. The van der Waals surface area contributed by atoms with Crippen molar-refractivity contribution in [2.24, 2.45) is 0 Å². The van der Waals surface area contributed by atoms with Gasteiger partial charge in [0, 0.05) is 0 Å². The van der Waals surface area contributed by atoms with Gasteiger partial charge < -0.3 is 9.84 Å². The van der Waals surface area contributed by atoms with Crippen LogP contribution < -0.4 is 0 Å². The van der Waals surface area contributed by atoms with Crippen LogP contribution in [0.5, 0.6) is 0 Å². The van der Waals surface area contributed by atoms with Gasteiger partial charge in [-0.3, -0.25) is 4.90 Å². The largest absolute Gasteiger partial charge is 0.448 e. The second kappa shape index (κ2) is 7.16. The second-order valence-electron chi connectivity index (χ2n) is 6.13. The van der Waals surface area contributed by atoms with E-state index in [4.69, 9.17) is 4.74 Å². The number of carbonyl (C=O) groups is 1. The lowest BCUT2D eigenvalue weighted by Crippen LogP contribution is -2.25. The summed E-state index contributed by atoms with van der Waals surface area (Å²) < 4.78 is 20.1. The van der Waals surface area contributed by atoms with Crippen LogP contribution in [-0.2, 0) is 11.3 Å². The van der Waals surface area contributed by atoms with Crippen LogP contribution in [0.15, 0.2) is 54.6 Å². The summed E-state index contributed by atoms with van der Waals surface area (Å²) in [5.74, 6) is 0.164. The van der Waals surface area contributed by atoms with Crippen molar-refractivity contribution in [1.29, 1.82) is 0 Å². The molecule has 1 fully saturated rings. The molecule has 1 N–H and O–H groups in total. The van der Waals surface area contributed by atoms with E-state index in [1.165, 1.54) is 21.7 Å². The van der Waals surface area contributed by atoms with Crippen molar-refractivity contribution >= 4 is 6.09 Å². The molecule has 0 radical (unpaired) electrons. The third-order valence-electron chi connectivity index (χ3n) is 4.28. The Balaban J connectivity index is 1.73. The van der Waals surface area contributed by atoms with Crippen molar-refractivity contribution in [2.75, 3.05) is 13.2 Å². The highest BCUT2D eigenvalue weighted by Gasteiger charge is 2.26. The summed E-state index contributed by atoms with van der Waals surface area (Å²) in [6.07, 6.45) is -1.47. The van der Waals surface area contributed by atoms with Crippen LogP contribution in [0.4, 0.5) is 9.18 Å². The Morgan fingerprint density at radius 1 is 1.19 bits per heavy atom. The first-order valence-corrected chi connectivity index (χ1v) is 8.48. The number of hydrogen-bond donors (Lipinski definition) is 1. The number of hydrogen-bond acceptors (Lipinski definition) is 5. The number of ether oxygens (including phenoxy) is 1. The molecule has 0 aliphatic carbocycles. The number of aliphatic hydroxyl groups is 1. The van der Waals surface area contributed by atoms with E-state index in [0.717, 1.165) is 0 Å². The molecule has 27 heavy (non-hydrogen) atoms. The molecule has 0 saturated carbocycles. The summed E-state index contributed by atoms with van der Waals surface area (Å²) in [5, 5.41) is 15.0. The number of benzene rings is 2. The molecule has 0 bridgehead atoms. The van der Waals surface area contributed by atoms with Gasteiger partial charge in [-0.25, -0.2) is 18.9 Å². The van der Waals surface area contributed by atoms with Gasteiger partial charge in [0.15, 0.2) is 11.6 Å². The van der Waals surface area contributed by atoms with Gasteiger partial charge >= 0.3 is 6.09 Å². The molecular weight excluding hydrogens is 351 g/mol. The maximum Gasteiger partial charge on any atom is 0.410 e. The van der Waals surface area contributed by atoms with Gasteiger partial charge in [0.2, 0.25) is 0 Å². The average Bonchev–Trinajstić information content (AvgIpc) is 3.29. The van der Waals surface area contributed by atoms with E-state index in [1.807, 2.05) is 18.2 Å². The van der Waals surface area contributed by atoms with Gasteiger partial charge in [-0.1, -0.05) is 36.4 Å². The lowest BCUT2D eigenvalue weighted by atomic mass is 10.1. The number of halogens is 1. The Morgan fingerprint density at radius 3 is 2.70 bits per heavy atom. The van der Waals surface area contributed by atoms with Crippen LogP contribution in [0.25, 0.3) is 5.69 Å². The number of aliphatic hydroxyl groups excluding tert-OH is 1. The zero-order chi connectivity index (χ0) is 18.8. The van der Waals surface area contributed by atoms with E-state index >= 15 is 0 Å². The highest BCUT2D eigenvalue weighted by atomic mass is 19.1. The molecule has 2 aromatic carbocycles. The van der Waals surface area contributed by atoms with Crippen molar-refractivity contribution in [2.45, 2.75) is 12.6 Å². The summed E-state index contributed by atoms with van der Waals surface area (Å²) >= 11 is 0. The number of amides is 1. The standard InChI is InChI=1S/C19H17FN4O3/c20-14-7-4-8-15(11-14)24-16(12-23-9-10-27-19(23)26)21-18(22-24)17(25)13-5-2-1-3-6-13/h1-8,11,17,25H,9-10,12H2. The monoisotopic (exact) mass is 368 g/mol. The van der Waals surface area contributed by atoms with Crippen LogP contribution >= 0.6 is 0 Å². The van der Waals surface area contributed by atoms with Crippen molar-refractivity contribution in [3.8, 4) is 5.69 Å². The lowest BCUT2D eigenvalue weighted by Gasteiger charge is -2.12. The molecule has 1 amide bonds. The number of nitrogens with zero attached hydrogens (tertiary/aromatic N) is 4. The molecule has 2 heterocycles. The van der Waals surface area contributed by atoms with E-state index in [1.54, 1.807) is 24.3 Å². The highest BCUT2D eigenvalue weighted by molar-refractivity contribution is 5.69. The van der Waals surface area contributed by atoms with Gasteiger partial charge in [0.25, 0.3) is 0 Å². The quantitative estimate of drug-likeness (QED) is 0.748. The average molecular weight is 368 g/mol. The van der Waals surface area contributed by atoms with E-state index in [-0.39, 0.29) is 12.4 Å². The molecule has 1 aliphatic heterocycles. The predicted molar refractivity (Wildman–Crippen MR) is 93.6 cm³/mol. The molecule has 0 spiro atoms. The Bertz CT molecular complexity index is 961. The normalized spacial score (nSPS) is 15.0. The molecule has 1 unspecified atom stereocenters. The molecule has 8 heteroatoms. The lowest BCUT2D eigenvalue weighted by molar-refractivity contribution is 0.156. The first kappa shape index (κ1) is 17.2. The van der Waals surface area contributed by atoms with E-state index in [9.17, 15) is 14.3 Å². The Labute approximate surface area is 154 Å². The fourth-order valence-corrected chi connectivity index (χ4v) is 2.92. The fraction of sp³-hybridized carbons (Fsp3) is 0.211. The summed E-state index contributed by atoms with van der Waals surface area (Å²) in [5.41, 5.74) is 1.10. The van der Waals surface area contributed by atoms with Crippen LogP contribution in [0.3, 0.4) is 0 Å². The van der Waals surface area contributed by atoms with Gasteiger partial charge in [-0.15, -0.1) is 5.10 Å². The first-order chi connectivity index (χ1) is 13.1. The first-order valence-electron chi connectivity index (χ1n) is 8.48. The maximum atomic E-state index is 13.7. The van der Waals surface area contributed by atoms with E-state index < -0.39 is 18.0 Å². The van der Waals surface area contributed by atoms with Crippen molar-refractivity contribution in [3.63, 3.8) is 0 Å². The van der Waals surface area contributed by atoms with Crippen molar-refractivity contribution in [1.82, 2.24) is 19.7 Å². The number of aromatic nitrogens is 3. The second-order valence-corrected chi connectivity index (χ2v) is 6.13. The topological polar surface area (TPSA) is 80.5 Å². The van der Waals surface area contributed by atoms with Crippen molar-refractivity contribution < 1.29 is 19.0 Å². The molecule has 138 valence electrons. The Hall–Kier alpha value is -3.26. The summed E-state index contributed by atoms with van der Waals surface area (Å²) in [6.45, 7) is 0.891. The van der Waals surface area contributed by atoms with Gasteiger partial charge in [0.1, 0.15) is 18.5 Å². The zero-order valence-corrected chi connectivity index (χ0v) is 14.3. The van der Waals surface area contributed by atoms with Crippen LogP contribution in [0.1, 0.15) is 23.3 Å². The van der Waals surface area contributed by atoms with Gasteiger partial charge in [-0.2, -0.15) is 0 Å². The SMILES string of the molecule is O=C1OCCN1Cc1nc(C(O)c2ccccc2)nn1-c1cccc(F)c1. The Morgan fingerprint density at radius 2 is 2.00 bits per heavy atom.